The normalized spacial score (nSPS) is 21.3. The summed E-state index contributed by atoms with van der Waals surface area (Å²) in [6.45, 7) is 16.8. The van der Waals surface area contributed by atoms with Crippen LogP contribution in [0.5, 0.6) is 0 Å². The highest BCUT2D eigenvalue weighted by atomic mass is 16.5. The Morgan fingerprint density at radius 2 is 2.15 bits per heavy atom. The van der Waals surface area contributed by atoms with Crippen LogP contribution < -0.4 is 10.9 Å². The van der Waals surface area contributed by atoms with E-state index < -0.39 is 0 Å². The van der Waals surface area contributed by atoms with Gasteiger partial charge < -0.3 is 4.74 Å². The minimum Gasteiger partial charge on any atom is -0.360 e. The topological polar surface area (TPSA) is 61.2 Å². The van der Waals surface area contributed by atoms with Crippen LogP contribution in [0, 0.1) is 5.92 Å². The average molecular weight is 380 g/mol. The van der Waals surface area contributed by atoms with Crippen molar-refractivity contribution >= 4 is 12.6 Å². The summed E-state index contributed by atoms with van der Waals surface area (Å²) in [7, 11) is 1.92. The lowest BCUT2D eigenvalue weighted by atomic mass is 9.93. The molecule has 0 aliphatic carbocycles. The highest BCUT2D eigenvalue weighted by molar-refractivity contribution is 5.84. The predicted octanol–water partition coefficient (Wildman–Crippen LogP) is 3.76. The average Bonchev–Trinajstić information content (AvgIpc) is 2.63. The summed E-state index contributed by atoms with van der Waals surface area (Å²) in [5.74, 6) is 1.12. The fourth-order valence-electron chi connectivity index (χ4n) is 3.20. The van der Waals surface area contributed by atoms with Crippen molar-refractivity contribution in [3.05, 3.63) is 11.8 Å². The summed E-state index contributed by atoms with van der Waals surface area (Å²) in [6.07, 6.45) is 8.03. The number of ether oxygens (including phenoxy) is 1. The summed E-state index contributed by atoms with van der Waals surface area (Å²) in [4.78, 5) is 11.2. The van der Waals surface area contributed by atoms with Gasteiger partial charge in [0.1, 0.15) is 5.84 Å². The zero-order valence-electron chi connectivity index (χ0n) is 18.3. The van der Waals surface area contributed by atoms with Gasteiger partial charge in [-0.25, -0.2) is 9.98 Å². The number of rotatable bonds is 10. The molecule has 1 heterocycles. The fraction of sp³-hybridized carbons (Fsp3) is 0.810. The van der Waals surface area contributed by atoms with Crippen LogP contribution in [0.3, 0.4) is 0 Å². The van der Waals surface area contributed by atoms with E-state index in [4.69, 9.17) is 9.73 Å². The van der Waals surface area contributed by atoms with Crippen molar-refractivity contribution in [2.24, 2.45) is 15.9 Å². The second kappa shape index (κ2) is 12.4. The van der Waals surface area contributed by atoms with Gasteiger partial charge in [-0.05, 0) is 66.8 Å². The molecule has 0 saturated carbocycles. The first-order chi connectivity index (χ1) is 12.8. The molecule has 27 heavy (non-hydrogen) atoms. The molecule has 2 unspecified atom stereocenters. The van der Waals surface area contributed by atoms with E-state index in [9.17, 15) is 0 Å². The number of unbranched alkanes of at least 4 members (excludes halogenated alkanes) is 1. The second-order valence-electron chi connectivity index (χ2n) is 8.35. The van der Waals surface area contributed by atoms with Crippen LogP contribution in [0.15, 0.2) is 21.8 Å². The van der Waals surface area contributed by atoms with Crippen molar-refractivity contribution in [2.75, 3.05) is 26.9 Å². The van der Waals surface area contributed by atoms with Gasteiger partial charge in [0.15, 0.2) is 0 Å². The van der Waals surface area contributed by atoms with Gasteiger partial charge in [-0.1, -0.05) is 19.8 Å². The first-order valence-corrected chi connectivity index (χ1v) is 10.3. The number of nitrogens with zero attached hydrogens (tertiary/aromatic N) is 3. The van der Waals surface area contributed by atoms with Crippen LogP contribution in [0.4, 0.5) is 0 Å². The van der Waals surface area contributed by atoms with E-state index in [1.807, 2.05) is 14.0 Å². The molecule has 0 aromatic heterocycles. The molecule has 1 saturated heterocycles. The van der Waals surface area contributed by atoms with Gasteiger partial charge >= 0.3 is 0 Å². The molecule has 1 rings (SSSR count). The molecule has 2 N–H and O–H groups in total. The van der Waals surface area contributed by atoms with E-state index in [2.05, 4.69) is 61.2 Å². The molecule has 0 bridgehead atoms. The van der Waals surface area contributed by atoms with Crippen LogP contribution in [0.1, 0.15) is 66.7 Å². The Balaban J connectivity index is 2.93. The lowest BCUT2D eigenvalue weighted by molar-refractivity contribution is -0.0717. The Kier molecular flexibility index (Phi) is 11.0. The third-order valence-electron chi connectivity index (χ3n) is 4.69. The third-order valence-corrected chi connectivity index (χ3v) is 4.69. The first-order valence-electron chi connectivity index (χ1n) is 10.3. The van der Waals surface area contributed by atoms with Crippen molar-refractivity contribution in [3.8, 4) is 0 Å². The molecule has 0 aromatic carbocycles. The first kappa shape index (κ1) is 24.0. The standard InChI is InChI=1S/C21H41N5O/c1-8-9-12-19(25-23-7)14-20(24-17(2)22-6)18-11-10-13-26(15-18)16-27-21(3,4)5/h14,18-19,23,25H,6,8-13,15-16H2,1-5,7H3/b20-14+,24-17?. The number of hydrogen-bond acceptors (Lipinski definition) is 5. The molecule has 0 amide bonds. The molecule has 6 heteroatoms. The molecule has 0 aromatic rings. The van der Waals surface area contributed by atoms with Crippen LogP contribution in [-0.4, -0.2) is 56.0 Å². The zero-order valence-corrected chi connectivity index (χ0v) is 18.3. The van der Waals surface area contributed by atoms with Crippen molar-refractivity contribution in [2.45, 2.75) is 78.4 Å². The third kappa shape index (κ3) is 10.1. The predicted molar refractivity (Wildman–Crippen MR) is 116 cm³/mol. The summed E-state index contributed by atoms with van der Waals surface area (Å²) >= 11 is 0. The number of amidine groups is 1. The number of likely N-dealkylation sites (tertiary alicyclic amines) is 1. The molecule has 0 radical (unpaired) electrons. The van der Waals surface area contributed by atoms with E-state index in [0.29, 0.717) is 12.6 Å². The minimum atomic E-state index is -0.116. The second-order valence-corrected chi connectivity index (χ2v) is 8.35. The maximum atomic E-state index is 5.99. The van der Waals surface area contributed by atoms with Crippen molar-refractivity contribution in [1.82, 2.24) is 15.8 Å². The maximum Gasteiger partial charge on any atom is 0.124 e. The Hall–Kier alpha value is -1.08. The molecule has 1 fully saturated rings. The Morgan fingerprint density at radius 3 is 2.74 bits per heavy atom. The van der Waals surface area contributed by atoms with Crippen molar-refractivity contribution in [1.29, 1.82) is 0 Å². The van der Waals surface area contributed by atoms with Gasteiger partial charge in [0.25, 0.3) is 0 Å². The highest BCUT2D eigenvalue weighted by Crippen LogP contribution is 2.26. The van der Waals surface area contributed by atoms with Gasteiger partial charge in [-0.2, -0.15) is 0 Å². The van der Waals surface area contributed by atoms with Crippen LogP contribution in [0.2, 0.25) is 0 Å². The molecule has 6 nitrogen and oxygen atoms in total. The van der Waals surface area contributed by atoms with E-state index >= 15 is 0 Å². The van der Waals surface area contributed by atoms with Crippen molar-refractivity contribution < 1.29 is 4.74 Å². The summed E-state index contributed by atoms with van der Waals surface area (Å²) < 4.78 is 5.99. The Bertz CT molecular complexity index is 495. The monoisotopic (exact) mass is 379 g/mol. The number of aliphatic imine (C=N–C) groups is 2. The van der Waals surface area contributed by atoms with Gasteiger partial charge in [-0.15, -0.1) is 0 Å². The molecule has 156 valence electrons. The summed E-state index contributed by atoms with van der Waals surface area (Å²) in [6, 6.07) is 0.257. The number of nitrogens with one attached hydrogen (secondary N) is 2. The van der Waals surface area contributed by atoms with E-state index in [1.54, 1.807) is 0 Å². The van der Waals surface area contributed by atoms with Gasteiger partial charge in [-0.3, -0.25) is 15.8 Å². The Labute approximate surface area is 166 Å². The SMILES string of the molecule is C=NC(C)=N/C(=C/C(CCCC)NNC)C1CCCN(COC(C)(C)C)C1. The Morgan fingerprint density at radius 1 is 1.41 bits per heavy atom. The number of piperidine rings is 1. The summed E-state index contributed by atoms with van der Waals surface area (Å²) in [5.41, 5.74) is 7.44. The largest absolute Gasteiger partial charge is 0.360 e. The lowest BCUT2D eigenvalue weighted by Crippen LogP contribution is -2.41. The smallest absolute Gasteiger partial charge is 0.124 e. The van der Waals surface area contributed by atoms with E-state index in [1.165, 1.54) is 12.8 Å². The minimum absolute atomic E-state index is 0.116. The number of hydrazine groups is 1. The molecular formula is C21H41N5O. The maximum absolute atomic E-state index is 5.99. The molecule has 1 aliphatic heterocycles. The van der Waals surface area contributed by atoms with Crippen molar-refractivity contribution in [3.63, 3.8) is 0 Å². The molecule has 1 aliphatic rings. The summed E-state index contributed by atoms with van der Waals surface area (Å²) in [5, 5.41) is 0. The van der Waals surface area contributed by atoms with Crippen LogP contribution in [-0.2, 0) is 4.74 Å². The van der Waals surface area contributed by atoms with Gasteiger partial charge in [0.2, 0.25) is 0 Å². The van der Waals surface area contributed by atoms with Crippen LogP contribution in [0.25, 0.3) is 0 Å². The zero-order chi connectivity index (χ0) is 20.3. The van der Waals surface area contributed by atoms with E-state index in [-0.39, 0.29) is 11.6 Å². The van der Waals surface area contributed by atoms with Crippen LogP contribution >= 0.6 is 0 Å². The molecular weight excluding hydrogens is 338 g/mol. The van der Waals surface area contributed by atoms with E-state index in [0.717, 1.165) is 43.9 Å². The lowest BCUT2D eigenvalue weighted by Gasteiger charge is -2.35. The molecule has 0 spiro atoms. The fourth-order valence-corrected chi connectivity index (χ4v) is 3.20. The highest BCUT2D eigenvalue weighted by Gasteiger charge is 2.25. The quantitative estimate of drug-likeness (QED) is 0.345. The number of hydrogen-bond donors (Lipinski definition) is 2. The van der Waals surface area contributed by atoms with Gasteiger partial charge in [0.05, 0.1) is 12.3 Å². The van der Waals surface area contributed by atoms with Gasteiger partial charge in [0, 0.05) is 30.7 Å². The molecule has 2 atom stereocenters.